The molecule has 8 heteroatoms. The summed E-state index contributed by atoms with van der Waals surface area (Å²) in [7, 11) is 0. The zero-order chi connectivity index (χ0) is 21.9. The molecule has 1 saturated carbocycles. The highest BCUT2D eigenvalue weighted by Gasteiger charge is 2.43. The maximum absolute atomic E-state index is 14.1. The molecule has 1 aromatic heterocycles. The molecule has 0 bridgehead atoms. The number of amides is 1. The predicted octanol–water partition coefficient (Wildman–Crippen LogP) is 6.31. The van der Waals surface area contributed by atoms with Gasteiger partial charge in [-0.25, -0.2) is 8.78 Å². The Balaban J connectivity index is 1.55. The van der Waals surface area contributed by atoms with Crippen LogP contribution in [0.4, 0.5) is 14.5 Å². The SMILES string of the molecule is Cc1c(C(=O)Nc2c(F)cc(F)cc2Br)oc2ccc3c(c12)C(=O)CC1(CCCC1)O3. The van der Waals surface area contributed by atoms with E-state index >= 15 is 0 Å². The van der Waals surface area contributed by atoms with E-state index in [1.54, 1.807) is 19.1 Å². The fraction of sp³-hybridized carbons (Fsp3) is 0.304. The van der Waals surface area contributed by atoms with Crippen molar-refractivity contribution in [3.63, 3.8) is 0 Å². The largest absolute Gasteiger partial charge is 0.486 e. The summed E-state index contributed by atoms with van der Waals surface area (Å²) in [6.07, 6.45) is 4.09. The van der Waals surface area contributed by atoms with Crippen LogP contribution < -0.4 is 10.1 Å². The average molecular weight is 490 g/mol. The van der Waals surface area contributed by atoms with Crippen molar-refractivity contribution in [1.82, 2.24) is 0 Å². The van der Waals surface area contributed by atoms with Crippen molar-refractivity contribution in [3.05, 3.63) is 57.3 Å². The third-order valence-electron chi connectivity index (χ3n) is 6.11. The number of halogens is 3. The molecule has 0 unspecified atom stereocenters. The lowest BCUT2D eigenvalue weighted by atomic mass is 9.87. The fourth-order valence-electron chi connectivity index (χ4n) is 4.68. The van der Waals surface area contributed by atoms with Crippen LogP contribution in [0.15, 0.2) is 33.2 Å². The van der Waals surface area contributed by atoms with E-state index in [1.165, 1.54) is 0 Å². The number of aryl methyl sites for hydroxylation is 1. The minimum absolute atomic E-state index is 0.0306. The number of ether oxygens (including phenoxy) is 1. The number of hydrogen-bond acceptors (Lipinski definition) is 4. The number of fused-ring (bicyclic) bond motifs is 3. The van der Waals surface area contributed by atoms with Gasteiger partial charge in [0, 0.05) is 21.5 Å². The second-order valence-corrected chi connectivity index (χ2v) is 9.01. The lowest BCUT2D eigenvalue weighted by Crippen LogP contribution is -2.39. The summed E-state index contributed by atoms with van der Waals surface area (Å²) in [5, 5.41) is 2.94. The van der Waals surface area contributed by atoms with Crippen LogP contribution in [0.1, 0.15) is 58.6 Å². The van der Waals surface area contributed by atoms with Crippen molar-refractivity contribution in [2.24, 2.45) is 0 Å². The first-order valence-corrected chi connectivity index (χ1v) is 10.8. The summed E-state index contributed by atoms with van der Waals surface area (Å²) < 4.78 is 39.5. The van der Waals surface area contributed by atoms with Crippen LogP contribution in [0, 0.1) is 18.6 Å². The molecule has 5 nitrogen and oxygen atoms in total. The highest BCUT2D eigenvalue weighted by molar-refractivity contribution is 9.10. The maximum Gasteiger partial charge on any atom is 0.291 e. The summed E-state index contributed by atoms with van der Waals surface area (Å²) in [6.45, 7) is 1.67. The van der Waals surface area contributed by atoms with Crippen LogP contribution in [0.25, 0.3) is 11.0 Å². The van der Waals surface area contributed by atoms with Gasteiger partial charge < -0.3 is 14.5 Å². The van der Waals surface area contributed by atoms with Crippen molar-refractivity contribution in [1.29, 1.82) is 0 Å². The van der Waals surface area contributed by atoms with E-state index < -0.39 is 23.1 Å². The lowest BCUT2D eigenvalue weighted by molar-refractivity contribution is 0.0454. The number of nitrogens with one attached hydrogen (secondary N) is 1. The van der Waals surface area contributed by atoms with E-state index in [0.717, 1.165) is 31.7 Å². The number of rotatable bonds is 2. The smallest absolute Gasteiger partial charge is 0.291 e. The minimum Gasteiger partial charge on any atom is -0.486 e. The average Bonchev–Trinajstić information content (AvgIpc) is 3.29. The zero-order valence-corrected chi connectivity index (χ0v) is 18.2. The third kappa shape index (κ3) is 3.24. The van der Waals surface area contributed by atoms with Gasteiger partial charge in [0.05, 0.1) is 17.7 Å². The van der Waals surface area contributed by atoms with Crippen molar-refractivity contribution in [2.75, 3.05) is 5.32 Å². The summed E-state index contributed by atoms with van der Waals surface area (Å²) in [6, 6.07) is 5.11. The molecule has 1 fully saturated rings. The zero-order valence-electron chi connectivity index (χ0n) is 16.6. The molecule has 1 aliphatic carbocycles. The van der Waals surface area contributed by atoms with Gasteiger partial charge in [-0.3, -0.25) is 9.59 Å². The van der Waals surface area contributed by atoms with Gasteiger partial charge in [0.15, 0.2) is 17.4 Å². The molecule has 0 radical (unpaired) electrons. The van der Waals surface area contributed by atoms with E-state index in [0.29, 0.717) is 40.3 Å². The van der Waals surface area contributed by atoms with Crippen LogP contribution in [0.2, 0.25) is 0 Å². The van der Waals surface area contributed by atoms with E-state index in [-0.39, 0.29) is 21.7 Å². The van der Waals surface area contributed by atoms with Crippen molar-refractivity contribution >= 4 is 44.3 Å². The van der Waals surface area contributed by atoms with Gasteiger partial charge in [-0.05, 0) is 66.7 Å². The fourth-order valence-corrected chi connectivity index (χ4v) is 5.19. The molecule has 5 rings (SSSR count). The molecule has 2 heterocycles. The maximum atomic E-state index is 14.1. The van der Waals surface area contributed by atoms with Crippen LogP contribution >= 0.6 is 15.9 Å². The second-order valence-electron chi connectivity index (χ2n) is 8.16. The predicted molar refractivity (Wildman–Crippen MR) is 114 cm³/mol. The van der Waals surface area contributed by atoms with Gasteiger partial charge >= 0.3 is 0 Å². The Morgan fingerprint density at radius 2 is 1.94 bits per heavy atom. The van der Waals surface area contributed by atoms with E-state index in [2.05, 4.69) is 21.2 Å². The van der Waals surface area contributed by atoms with Crippen molar-refractivity contribution < 1.29 is 27.5 Å². The first kappa shape index (κ1) is 20.2. The molecule has 1 amide bonds. The summed E-state index contributed by atoms with van der Waals surface area (Å²) in [5.41, 5.74) is 0.629. The molecule has 2 aromatic carbocycles. The van der Waals surface area contributed by atoms with E-state index in [9.17, 15) is 18.4 Å². The van der Waals surface area contributed by atoms with Crippen LogP contribution in [-0.2, 0) is 0 Å². The summed E-state index contributed by atoms with van der Waals surface area (Å²) >= 11 is 3.05. The quantitative estimate of drug-likeness (QED) is 0.457. The number of carbonyl (C=O) groups excluding carboxylic acids is 2. The molecular formula is C23H18BrF2NO4. The molecule has 1 N–H and O–H groups in total. The Hall–Kier alpha value is -2.74. The third-order valence-corrected chi connectivity index (χ3v) is 6.74. The Kier molecular flexibility index (Phi) is 4.66. The van der Waals surface area contributed by atoms with Gasteiger partial charge in [-0.1, -0.05) is 0 Å². The molecule has 160 valence electrons. The molecule has 0 saturated heterocycles. The number of hydrogen-bond donors (Lipinski definition) is 1. The van der Waals surface area contributed by atoms with Gasteiger partial charge in [0.2, 0.25) is 0 Å². The molecule has 1 spiro atoms. The molecule has 31 heavy (non-hydrogen) atoms. The number of carbonyl (C=O) groups is 2. The van der Waals surface area contributed by atoms with Gasteiger partial charge in [-0.15, -0.1) is 0 Å². The topological polar surface area (TPSA) is 68.5 Å². The van der Waals surface area contributed by atoms with Crippen molar-refractivity contribution in [2.45, 2.75) is 44.6 Å². The van der Waals surface area contributed by atoms with Crippen LogP contribution in [-0.4, -0.2) is 17.3 Å². The summed E-state index contributed by atoms with van der Waals surface area (Å²) in [4.78, 5) is 25.9. The number of Topliss-reactive ketones (excluding diaryl/α,β-unsaturated/α-hetero) is 1. The molecular weight excluding hydrogens is 472 g/mol. The van der Waals surface area contributed by atoms with Gasteiger partial charge in [0.25, 0.3) is 5.91 Å². The number of benzene rings is 2. The van der Waals surface area contributed by atoms with Crippen LogP contribution in [0.3, 0.4) is 0 Å². The summed E-state index contributed by atoms with van der Waals surface area (Å²) in [5.74, 6) is -1.96. The van der Waals surface area contributed by atoms with Crippen molar-refractivity contribution in [3.8, 4) is 5.75 Å². The van der Waals surface area contributed by atoms with Crippen LogP contribution in [0.5, 0.6) is 5.75 Å². The van der Waals surface area contributed by atoms with E-state index in [1.807, 2.05) is 0 Å². The van der Waals surface area contributed by atoms with Gasteiger partial charge in [0.1, 0.15) is 22.8 Å². The lowest BCUT2D eigenvalue weighted by Gasteiger charge is -2.34. The van der Waals surface area contributed by atoms with Gasteiger partial charge in [-0.2, -0.15) is 0 Å². The Bertz CT molecular complexity index is 1240. The molecule has 2 aliphatic rings. The second kappa shape index (κ2) is 7.15. The molecule has 1 aliphatic heterocycles. The Labute approximate surface area is 184 Å². The Morgan fingerprint density at radius 1 is 1.19 bits per heavy atom. The highest BCUT2D eigenvalue weighted by Crippen LogP contribution is 2.46. The normalized spacial score (nSPS) is 17.1. The van der Waals surface area contributed by atoms with E-state index in [4.69, 9.17) is 9.15 Å². The highest BCUT2D eigenvalue weighted by atomic mass is 79.9. The monoisotopic (exact) mass is 489 g/mol. The first-order valence-electron chi connectivity index (χ1n) is 10.0. The standard InChI is InChI=1S/C23H18BrF2NO4/c1-11-18-16(4-5-17-19(18)15(28)10-23(31-17)6-2-3-7-23)30-21(11)22(29)27-20-13(24)8-12(25)9-14(20)26/h4-5,8-9H,2-3,6-7,10H2,1H3,(H,27,29). The number of furan rings is 1. The minimum atomic E-state index is -0.920. The molecule has 3 aromatic rings. The molecule has 0 atom stereocenters. The first-order chi connectivity index (χ1) is 14.8. The number of ketones is 1. The number of anilines is 1. The Morgan fingerprint density at radius 3 is 2.65 bits per heavy atom.